The molecule has 0 amide bonds. The van der Waals surface area contributed by atoms with Crippen LogP contribution in [0.4, 0.5) is 0 Å². The molecule has 0 unspecified atom stereocenters. The summed E-state index contributed by atoms with van der Waals surface area (Å²) >= 11 is 6.24. The standard InChI is InChI=1S/2C7H9N.2C3H9SeSi.Zn/c2*1-6-3-7(2)5-8-4-6;2*1-5(2,3)4;/h2*3-5H,1-2H3;2*1-3H3;/q;;2*-1;+2. The quantitative estimate of drug-likeness (QED) is 0.390. The number of pyridine rings is 2. The van der Waals surface area contributed by atoms with E-state index in [2.05, 4.69) is 92.1 Å². The minimum atomic E-state index is -0.736. The SMILES string of the molecule is C[Si](C)(C)[Se-].C[Si](C)(C)[Se-].Cc1cncc(C)c1.Cc1cncc(C)c1.[Zn+2]. The average Bonchev–Trinajstić information content (AvgIpc) is 2.34. The Morgan fingerprint density at radius 1 is 0.556 bits per heavy atom. The number of aromatic nitrogens is 2. The van der Waals surface area contributed by atoms with Gasteiger partial charge in [0.2, 0.25) is 0 Å². The first-order valence-corrected chi connectivity index (χ1v) is 20.7. The normalized spacial score (nSPS) is 9.93. The average molecular weight is 584 g/mol. The van der Waals surface area contributed by atoms with E-state index in [4.69, 9.17) is 0 Å². The molecule has 2 heterocycles. The van der Waals surface area contributed by atoms with Crippen molar-refractivity contribution in [2.75, 3.05) is 0 Å². The van der Waals surface area contributed by atoms with E-state index in [1.54, 1.807) is 0 Å². The van der Waals surface area contributed by atoms with Gasteiger partial charge in [0, 0.05) is 24.8 Å². The zero-order chi connectivity index (χ0) is 21.0. The monoisotopic (exact) mass is 584 g/mol. The van der Waals surface area contributed by atoms with E-state index in [0.717, 1.165) is 0 Å². The maximum absolute atomic E-state index is 3.98. The van der Waals surface area contributed by atoms with Crippen molar-refractivity contribution in [1.29, 1.82) is 0 Å². The van der Waals surface area contributed by atoms with Crippen LogP contribution in [0, 0.1) is 27.7 Å². The van der Waals surface area contributed by atoms with E-state index >= 15 is 0 Å². The smallest absolute Gasteiger partial charge is 0.264 e. The molecule has 0 N–H and O–H groups in total. The van der Waals surface area contributed by atoms with Gasteiger partial charge in [-0.2, -0.15) is 0 Å². The third kappa shape index (κ3) is 37.8. The summed E-state index contributed by atoms with van der Waals surface area (Å²) in [6.45, 7) is 20.3. The van der Waals surface area contributed by atoms with Crippen LogP contribution in [0.1, 0.15) is 22.3 Å². The van der Waals surface area contributed by atoms with Crippen molar-refractivity contribution in [3.63, 3.8) is 0 Å². The van der Waals surface area contributed by atoms with Crippen LogP contribution in [0.15, 0.2) is 36.9 Å². The van der Waals surface area contributed by atoms with Crippen LogP contribution in [0.3, 0.4) is 0 Å². The first-order valence-electron chi connectivity index (χ1n) is 8.75. The van der Waals surface area contributed by atoms with Gasteiger partial charge in [0.15, 0.2) is 0 Å². The number of hydrogen-bond donors (Lipinski definition) is 0. The summed E-state index contributed by atoms with van der Waals surface area (Å²) in [5.41, 5.74) is 4.91. The van der Waals surface area contributed by atoms with Crippen molar-refractivity contribution in [1.82, 2.24) is 9.97 Å². The molecule has 0 saturated carbocycles. The maximum atomic E-state index is 3.98. The van der Waals surface area contributed by atoms with Gasteiger partial charge in [0.05, 0.1) is 0 Å². The molecule has 7 heteroatoms. The van der Waals surface area contributed by atoms with Gasteiger partial charge in [0.25, 0.3) is 0 Å². The minimum Gasteiger partial charge on any atom is -0.264 e. The molecule has 0 fully saturated rings. The maximum Gasteiger partial charge on any atom is 2.00 e. The molecule has 148 valence electrons. The Balaban J connectivity index is -0.000000289. The first kappa shape index (κ1) is 32.1. The van der Waals surface area contributed by atoms with Gasteiger partial charge in [-0.3, -0.25) is 9.97 Å². The van der Waals surface area contributed by atoms with Crippen molar-refractivity contribution in [3.05, 3.63) is 59.2 Å². The molecule has 0 aliphatic carbocycles. The number of hydrogen-bond acceptors (Lipinski definition) is 2. The first-order chi connectivity index (χ1) is 11.6. The van der Waals surface area contributed by atoms with Gasteiger partial charge in [-0.05, 0) is 49.9 Å². The van der Waals surface area contributed by atoms with Gasteiger partial charge >= 0.3 is 103 Å². The fourth-order valence-corrected chi connectivity index (χ4v) is 1.41. The van der Waals surface area contributed by atoms with Crippen LogP contribution in [-0.4, -0.2) is 54.1 Å². The summed E-state index contributed by atoms with van der Waals surface area (Å²) in [7, 11) is 0. The Hall–Kier alpha value is 0.396. The third-order valence-corrected chi connectivity index (χ3v) is 2.02. The van der Waals surface area contributed by atoms with Crippen LogP contribution >= 0.6 is 0 Å². The summed E-state index contributed by atoms with van der Waals surface area (Å²) < 4.78 is 0. The van der Waals surface area contributed by atoms with E-state index in [1.165, 1.54) is 22.3 Å². The molecule has 2 aromatic heterocycles. The molecule has 0 spiro atoms. The molecule has 0 aliphatic rings. The summed E-state index contributed by atoms with van der Waals surface area (Å²) in [4.78, 5) is 7.97. The van der Waals surface area contributed by atoms with E-state index in [0.29, 0.717) is 0 Å². The molecule has 0 aromatic carbocycles. The molecule has 0 saturated heterocycles. The van der Waals surface area contributed by atoms with Crippen molar-refractivity contribution in [2.45, 2.75) is 67.0 Å². The van der Waals surface area contributed by atoms with Crippen LogP contribution < -0.4 is 0 Å². The zero-order valence-electron chi connectivity index (χ0n) is 18.9. The number of aryl methyl sites for hydroxylation is 4. The fourth-order valence-electron chi connectivity index (χ4n) is 1.41. The molecule has 0 aliphatic heterocycles. The van der Waals surface area contributed by atoms with E-state index in [9.17, 15) is 0 Å². The second kappa shape index (κ2) is 16.2. The second-order valence-electron chi connectivity index (χ2n) is 8.30. The van der Waals surface area contributed by atoms with Crippen LogP contribution in [0.2, 0.25) is 39.3 Å². The largest absolute Gasteiger partial charge is 2.00 e. The Labute approximate surface area is 198 Å². The molecule has 2 rings (SSSR count). The molecule has 2 nitrogen and oxygen atoms in total. The summed E-state index contributed by atoms with van der Waals surface area (Å²) in [5.74, 6) is 0. The summed E-state index contributed by atoms with van der Waals surface area (Å²) in [6, 6.07) is 4.21. The molecule has 27 heavy (non-hydrogen) atoms. The van der Waals surface area contributed by atoms with Crippen LogP contribution in [0.5, 0.6) is 0 Å². The predicted molar refractivity (Wildman–Crippen MR) is 126 cm³/mol. The van der Waals surface area contributed by atoms with Crippen molar-refractivity contribution in [3.8, 4) is 0 Å². The number of rotatable bonds is 0. The van der Waals surface area contributed by atoms with Crippen molar-refractivity contribution in [2.24, 2.45) is 0 Å². The Kier molecular flexibility index (Phi) is 19.3. The fraction of sp³-hybridized carbons (Fsp3) is 0.500. The third-order valence-electron chi connectivity index (χ3n) is 2.02. The minimum absolute atomic E-state index is 0. The molecular formula is C20H36N2Se2Si2Zn. The molecular weight excluding hydrogens is 548 g/mol. The van der Waals surface area contributed by atoms with Gasteiger partial charge in [0.1, 0.15) is 0 Å². The summed E-state index contributed by atoms with van der Waals surface area (Å²) in [6.07, 6.45) is 7.42. The van der Waals surface area contributed by atoms with Crippen LogP contribution in [-0.2, 0) is 19.5 Å². The van der Waals surface area contributed by atoms with Gasteiger partial charge in [-0.25, -0.2) is 0 Å². The van der Waals surface area contributed by atoms with Gasteiger partial charge < -0.3 is 0 Å². The molecule has 0 radical (unpaired) electrons. The molecule has 0 atom stereocenters. The van der Waals surface area contributed by atoms with E-state index in [1.807, 2.05) is 52.5 Å². The van der Waals surface area contributed by atoms with E-state index in [-0.39, 0.29) is 19.5 Å². The number of nitrogens with zero attached hydrogens (tertiary/aromatic N) is 2. The Morgan fingerprint density at radius 2 is 0.704 bits per heavy atom. The van der Waals surface area contributed by atoms with E-state index < -0.39 is 13.4 Å². The molecule has 2 aromatic rings. The van der Waals surface area contributed by atoms with Crippen LogP contribution in [0.25, 0.3) is 0 Å². The zero-order valence-corrected chi connectivity index (χ0v) is 27.3. The van der Waals surface area contributed by atoms with Crippen molar-refractivity contribution < 1.29 is 19.5 Å². The topological polar surface area (TPSA) is 25.8 Å². The predicted octanol–water partition coefficient (Wildman–Crippen LogP) is 5.37. The van der Waals surface area contributed by atoms with Crippen molar-refractivity contribution >= 4 is 44.1 Å². The van der Waals surface area contributed by atoms with Gasteiger partial charge in [-0.1, -0.05) is 12.1 Å². The Bertz CT molecular complexity index is 526. The Morgan fingerprint density at radius 3 is 0.778 bits per heavy atom. The molecule has 0 bridgehead atoms. The van der Waals surface area contributed by atoms with Gasteiger partial charge in [-0.15, -0.1) is 0 Å². The summed E-state index contributed by atoms with van der Waals surface area (Å²) in [5, 5.41) is 0. The second-order valence-corrected chi connectivity index (χ2v) is 32.2.